The number of carbonyl (C=O) groups excluding carboxylic acids is 2. The van der Waals surface area contributed by atoms with Crippen LogP contribution in [0.4, 0.5) is 0 Å². The number of hydrogen-bond acceptors (Lipinski definition) is 5. The van der Waals surface area contributed by atoms with Crippen LogP contribution in [0.25, 0.3) is 0 Å². The highest BCUT2D eigenvalue weighted by Crippen LogP contribution is 2.40. The van der Waals surface area contributed by atoms with Gasteiger partial charge in [0.2, 0.25) is 5.91 Å². The number of rotatable bonds is 9. The van der Waals surface area contributed by atoms with E-state index in [9.17, 15) is 19.5 Å². The minimum atomic E-state index is -0.944. The van der Waals surface area contributed by atoms with Gasteiger partial charge in [-0.05, 0) is 57.4 Å². The fourth-order valence-corrected chi connectivity index (χ4v) is 5.06. The molecule has 1 saturated heterocycles. The number of ether oxygens (including phenoxy) is 1. The molecule has 1 aliphatic carbocycles. The lowest BCUT2D eigenvalue weighted by atomic mass is 9.84. The number of nitrogens with zero attached hydrogens (tertiary/aromatic N) is 1. The van der Waals surface area contributed by atoms with E-state index in [1.165, 1.54) is 0 Å². The SMILES string of the molecule is CCOC(=O)C(CCc1ccccc1)NC(C)C(=O)N1[C@H](C(=O)O)C[C@H]2CCCC[C@@H]21. The van der Waals surface area contributed by atoms with Crippen molar-refractivity contribution in [2.75, 3.05) is 6.61 Å². The third-order valence-corrected chi connectivity index (χ3v) is 6.58. The van der Waals surface area contributed by atoms with E-state index >= 15 is 0 Å². The summed E-state index contributed by atoms with van der Waals surface area (Å²) in [6.45, 7) is 3.74. The molecule has 0 spiro atoms. The van der Waals surface area contributed by atoms with Crippen molar-refractivity contribution in [2.45, 2.75) is 83.0 Å². The number of carboxylic acid groups (broad SMARTS) is 1. The van der Waals surface area contributed by atoms with Gasteiger partial charge in [-0.25, -0.2) is 4.79 Å². The van der Waals surface area contributed by atoms with Crippen molar-refractivity contribution in [1.82, 2.24) is 10.2 Å². The highest BCUT2D eigenvalue weighted by molar-refractivity contribution is 5.88. The van der Waals surface area contributed by atoms with Crippen LogP contribution in [0.2, 0.25) is 0 Å². The van der Waals surface area contributed by atoms with E-state index in [1.54, 1.807) is 18.7 Å². The quantitative estimate of drug-likeness (QED) is 0.585. The fourth-order valence-electron chi connectivity index (χ4n) is 5.06. The molecule has 1 aromatic rings. The highest BCUT2D eigenvalue weighted by Gasteiger charge is 2.48. The Hall–Kier alpha value is -2.41. The number of aryl methyl sites for hydroxylation is 1. The van der Waals surface area contributed by atoms with Gasteiger partial charge in [-0.15, -0.1) is 0 Å². The van der Waals surface area contributed by atoms with E-state index in [0.717, 1.165) is 31.2 Å². The van der Waals surface area contributed by atoms with Gasteiger partial charge < -0.3 is 14.7 Å². The number of esters is 1. The molecule has 1 aromatic carbocycles. The fraction of sp³-hybridized carbons (Fsp3) is 0.625. The van der Waals surface area contributed by atoms with Gasteiger partial charge in [0.1, 0.15) is 12.1 Å². The van der Waals surface area contributed by atoms with Crippen LogP contribution in [-0.2, 0) is 25.5 Å². The third kappa shape index (κ3) is 5.64. The number of aliphatic carboxylic acids is 1. The molecule has 1 heterocycles. The van der Waals surface area contributed by atoms with E-state index in [1.807, 2.05) is 30.3 Å². The number of nitrogens with one attached hydrogen (secondary N) is 1. The minimum Gasteiger partial charge on any atom is -0.480 e. The van der Waals surface area contributed by atoms with Gasteiger partial charge >= 0.3 is 11.9 Å². The van der Waals surface area contributed by atoms with Crippen LogP contribution >= 0.6 is 0 Å². The lowest BCUT2D eigenvalue weighted by Crippen LogP contribution is -2.55. The van der Waals surface area contributed by atoms with E-state index in [2.05, 4.69) is 5.32 Å². The molecule has 3 rings (SSSR count). The van der Waals surface area contributed by atoms with Crippen molar-refractivity contribution in [3.05, 3.63) is 35.9 Å². The summed E-state index contributed by atoms with van der Waals surface area (Å²) in [6, 6.07) is 7.75. The van der Waals surface area contributed by atoms with Gasteiger partial charge in [0.15, 0.2) is 0 Å². The summed E-state index contributed by atoms with van der Waals surface area (Å²) in [5.41, 5.74) is 1.10. The standard InChI is InChI=1S/C24H34N2O5/c1-3-31-24(30)19(14-13-17-9-5-4-6-10-17)25-16(2)22(27)26-20-12-8-7-11-18(20)15-21(26)23(28)29/h4-6,9-10,16,18-21,25H,3,7-8,11-15H2,1-2H3,(H,28,29)/t16?,18-,19?,20+,21+/m1/s1. The van der Waals surface area contributed by atoms with Gasteiger partial charge in [-0.3, -0.25) is 14.9 Å². The molecule has 31 heavy (non-hydrogen) atoms. The molecule has 0 bridgehead atoms. The van der Waals surface area contributed by atoms with Crippen LogP contribution in [-0.4, -0.2) is 58.6 Å². The Balaban J connectivity index is 1.70. The molecular formula is C24H34N2O5. The molecule has 7 nitrogen and oxygen atoms in total. The summed E-state index contributed by atoms with van der Waals surface area (Å²) in [7, 11) is 0. The van der Waals surface area contributed by atoms with Crippen molar-refractivity contribution >= 4 is 17.8 Å². The zero-order chi connectivity index (χ0) is 22.4. The second kappa shape index (κ2) is 10.8. The van der Waals surface area contributed by atoms with Crippen molar-refractivity contribution in [3.8, 4) is 0 Å². The number of amides is 1. The lowest BCUT2D eigenvalue weighted by molar-refractivity contribution is -0.152. The second-order valence-corrected chi connectivity index (χ2v) is 8.66. The third-order valence-electron chi connectivity index (χ3n) is 6.58. The largest absolute Gasteiger partial charge is 0.480 e. The van der Waals surface area contributed by atoms with Gasteiger partial charge in [-0.1, -0.05) is 43.2 Å². The Morgan fingerprint density at radius 2 is 1.90 bits per heavy atom. The van der Waals surface area contributed by atoms with Gasteiger partial charge in [-0.2, -0.15) is 0 Å². The second-order valence-electron chi connectivity index (χ2n) is 8.66. The first-order chi connectivity index (χ1) is 14.9. The predicted molar refractivity (Wildman–Crippen MR) is 116 cm³/mol. The van der Waals surface area contributed by atoms with Gasteiger partial charge in [0.05, 0.1) is 12.6 Å². The predicted octanol–water partition coefficient (Wildman–Crippen LogP) is 2.77. The first-order valence-electron chi connectivity index (χ1n) is 11.4. The zero-order valence-electron chi connectivity index (χ0n) is 18.5. The van der Waals surface area contributed by atoms with Crippen LogP contribution in [0.15, 0.2) is 30.3 Å². The number of carbonyl (C=O) groups is 3. The summed E-state index contributed by atoms with van der Waals surface area (Å²) in [5, 5.41) is 12.9. The highest BCUT2D eigenvalue weighted by atomic mass is 16.5. The molecule has 1 amide bonds. The molecule has 2 unspecified atom stereocenters. The number of carboxylic acids is 1. The molecule has 0 aromatic heterocycles. The summed E-state index contributed by atoms with van der Waals surface area (Å²) >= 11 is 0. The first kappa shape index (κ1) is 23.3. The molecule has 2 fully saturated rings. The van der Waals surface area contributed by atoms with Gasteiger partial charge in [0, 0.05) is 6.04 Å². The van der Waals surface area contributed by atoms with Gasteiger partial charge in [0.25, 0.3) is 0 Å². The Labute approximate surface area is 184 Å². The van der Waals surface area contributed by atoms with E-state index in [4.69, 9.17) is 4.74 Å². The lowest BCUT2D eigenvalue weighted by Gasteiger charge is -2.35. The Morgan fingerprint density at radius 3 is 2.58 bits per heavy atom. The van der Waals surface area contributed by atoms with Crippen LogP contribution < -0.4 is 5.32 Å². The van der Waals surface area contributed by atoms with Crippen LogP contribution in [0.3, 0.4) is 0 Å². The van der Waals surface area contributed by atoms with E-state index < -0.39 is 24.1 Å². The average molecular weight is 431 g/mol. The Kier molecular flexibility index (Phi) is 8.07. The van der Waals surface area contributed by atoms with Crippen molar-refractivity contribution < 1.29 is 24.2 Å². The number of fused-ring (bicyclic) bond motifs is 1. The maximum Gasteiger partial charge on any atom is 0.326 e. The zero-order valence-corrected chi connectivity index (χ0v) is 18.5. The van der Waals surface area contributed by atoms with Crippen LogP contribution in [0.5, 0.6) is 0 Å². The summed E-state index contributed by atoms with van der Waals surface area (Å²) in [5.74, 6) is -1.31. The minimum absolute atomic E-state index is 0.0167. The molecule has 0 radical (unpaired) electrons. The summed E-state index contributed by atoms with van der Waals surface area (Å²) < 4.78 is 5.22. The van der Waals surface area contributed by atoms with Crippen molar-refractivity contribution in [1.29, 1.82) is 0 Å². The maximum absolute atomic E-state index is 13.4. The molecule has 1 saturated carbocycles. The Morgan fingerprint density at radius 1 is 1.19 bits per heavy atom. The molecule has 5 atom stereocenters. The van der Waals surface area contributed by atoms with E-state index in [-0.39, 0.29) is 30.4 Å². The van der Waals surface area contributed by atoms with E-state index in [0.29, 0.717) is 19.3 Å². The molecule has 2 aliphatic rings. The molecule has 2 N–H and O–H groups in total. The van der Waals surface area contributed by atoms with Crippen molar-refractivity contribution in [3.63, 3.8) is 0 Å². The maximum atomic E-state index is 13.4. The smallest absolute Gasteiger partial charge is 0.326 e. The molecular weight excluding hydrogens is 396 g/mol. The Bertz CT molecular complexity index is 768. The summed E-state index contributed by atoms with van der Waals surface area (Å²) in [4.78, 5) is 39.3. The number of likely N-dealkylation sites (tertiary alicyclic amines) is 1. The number of hydrogen-bond donors (Lipinski definition) is 2. The first-order valence-corrected chi connectivity index (χ1v) is 11.4. The number of benzene rings is 1. The summed E-state index contributed by atoms with van der Waals surface area (Å²) in [6.07, 6.45) is 5.62. The molecule has 170 valence electrons. The topological polar surface area (TPSA) is 95.9 Å². The van der Waals surface area contributed by atoms with Crippen molar-refractivity contribution in [2.24, 2.45) is 5.92 Å². The normalized spacial score (nSPS) is 24.8. The molecule has 7 heteroatoms. The monoisotopic (exact) mass is 430 g/mol. The average Bonchev–Trinajstić information content (AvgIpc) is 3.16. The van der Waals surface area contributed by atoms with Crippen LogP contribution in [0.1, 0.15) is 57.9 Å². The molecule has 1 aliphatic heterocycles. The van der Waals surface area contributed by atoms with Crippen LogP contribution in [0, 0.1) is 5.92 Å².